The van der Waals surface area contributed by atoms with Gasteiger partial charge in [0.2, 0.25) is 0 Å². The predicted octanol–water partition coefficient (Wildman–Crippen LogP) is 0.158. The zero-order chi connectivity index (χ0) is 9.73. The Morgan fingerprint density at radius 3 is 2.69 bits per heavy atom. The van der Waals surface area contributed by atoms with E-state index in [1.54, 1.807) is 6.08 Å². The van der Waals surface area contributed by atoms with Crippen molar-refractivity contribution < 1.29 is 10.2 Å². The molecule has 1 heterocycles. The van der Waals surface area contributed by atoms with Crippen LogP contribution in [0.15, 0.2) is 24.8 Å². The summed E-state index contributed by atoms with van der Waals surface area (Å²) in [6, 6.07) is 0. The second kappa shape index (κ2) is 4.56. The zero-order valence-electron chi connectivity index (χ0n) is 7.82. The molecule has 0 amide bonds. The summed E-state index contributed by atoms with van der Waals surface area (Å²) in [5.41, 5.74) is -0.577. The first-order valence-corrected chi connectivity index (χ1v) is 4.54. The minimum atomic E-state index is -0.577. The topological polar surface area (TPSA) is 43.7 Å². The second-order valence-electron chi connectivity index (χ2n) is 3.35. The van der Waals surface area contributed by atoms with E-state index in [0.717, 1.165) is 13.0 Å². The van der Waals surface area contributed by atoms with Gasteiger partial charge in [-0.3, -0.25) is 4.90 Å². The van der Waals surface area contributed by atoms with Crippen LogP contribution in [-0.4, -0.2) is 47.0 Å². The smallest absolute Gasteiger partial charge is 0.0861 e. The summed E-state index contributed by atoms with van der Waals surface area (Å²) < 4.78 is 0. The third kappa shape index (κ3) is 1.99. The molecular weight excluding hydrogens is 166 g/mol. The molecule has 1 aliphatic rings. The van der Waals surface area contributed by atoms with Crippen molar-refractivity contribution in [3.05, 3.63) is 24.8 Å². The molecule has 1 aliphatic heterocycles. The highest BCUT2D eigenvalue weighted by Gasteiger charge is 2.33. The van der Waals surface area contributed by atoms with Crippen molar-refractivity contribution in [3.63, 3.8) is 0 Å². The van der Waals surface area contributed by atoms with Crippen molar-refractivity contribution in [2.45, 2.75) is 12.0 Å². The quantitative estimate of drug-likeness (QED) is 0.610. The van der Waals surface area contributed by atoms with Gasteiger partial charge in [0.25, 0.3) is 0 Å². The van der Waals surface area contributed by atoms with Gasteiger partial charge in [0, 0.05) is 13.1 Å². The van der Waals surface area contributed by atoms with Gasteiger partial charge in [-0.1, -0.05) is 18.2 Å². The van der Waals surface area contributed by atoms with Crippen LogP contribution in [0.1, 0.15) is 6.42 Å². The maximum absolute atomic E-state index is 9.25. The van der Waals surface area contributed by atoms with Gasteiger partial charge in [-0.25, -0.2) is 0 Å². The summed E-state index contributed by atoms with van der Waals surface area (Å²) in [5.74, 6) is 0. The fraction of sp³-hybridized carbons (Fsp3) is 0.600. The van der Waals surface area contributed by atoms with Crippen molar-refractivity contribution in [2.24, 2.45) is 0 Å². The number of rotatable bonds is 4. The van der Waals surface area contributed by atoms with Crippen LogP contribution in [0.5, 0.6) is 0 Å². The summed E-state index contributed by atoms with van der Waals surface area (Å²) in [6.45, 7) is 5.13. The van der Waals surface area contributed by atoms with E-state index in [4.69, 9.17) is 0 Å². The van der Waals surface area contributed by atoms with Crippen LogP contribution in [0.3, 0.4) is 0 Å². The first kappa shape index (κ1) is 10.4. The van der Waals surface area contributed by atoms with E-state index in [9.17, 15) is 10.2 Å². The molecule has 0 spiro atoms. The van der Waals surface area contributed by atoms with E-state index in [1.807, 2.05) is 17.1 Å². The van der Waals surface area contributed by atoms with Crippen molar-refractivity contribution in [2.75, 3.05) is 26.3 Å². The van der Waals surface area contributed by atoms with E-state index in [2.05, 4.69) is 6.58 Å². The lowest BCUT2D eigenvalue weighted by molar-refractivity contribution is 0.0230. The van der Waals surface area contributed by atoms with Crippen LogP contribution in [0.25, 0.3) is 0 Å². The minimum absolute atomic E-state index is 0.0478. The van der Waals surface area contributed by atoms with Crippen LogP contribution in [0.2, 0.25) is 0 Å². The van der Waals surface area contributed by atoms with Gasteiger partial charge in [-0.2, -0.15) is 0 Å². The number of aliphatic hydroxyl groups excluding tert-OH is 2. The lowest BCUT2D eigenvalue weighted by Gasteiger charge is -2.41. The SMILES string of the molecule is C=CCN1CCC=CC1(CO)CO. The van der Waals surface area contributed by atoms with Gasteiger partial charge in [0.1, 0.15) is 0 Å². The molecule has 0 unspecified atom stereocenters. The molecule has 0 aliphatic carbocycles. The molecule has 3 nitrogen and oxygen atoms in total. The molecular formula is C10H17NO2. The Morgan fingerprint density at radius 2 is 2.15 bits per heavy atom. The molecule has 0 aromatic carbocycles. The molecule has 13 heavy (non-hydrogen) atoms. The Kier molecular flexibility index (Phi) is 3.66. The molecule has 0 saturated heterocycles. The van der Waals surface area contributed by atoms with Crippen molar-refractivity contribution in [3.8, 4) is 0 Å². The summed E-state index contributed by atoms with van der Waals surface area (Å²) >= 11 is 0. The molecule has 0 fully saturated rings. The maximum Gasteiger partial charge on any atom is 0.0861 e. The Hall–Kier alpha value is -0.640. The summed E-state index contributed by atoms with van der Waals surface area (Å²) in [6.07, 6.45) is 6.65. The van der Waals surface area contributed by atoms with Gasteiger partial charge in [-0.05, 0) is 6.42 Å². The Bertz CT molecular complexity index is 197. The summed E-state index contributed by atoms with van der Waals surface area (Å²) in [5, 5.41) is 18.5. The maximum atomic E-state index is 9.25. The lowest BCUT2D eigenvalue weighted by Crippen LogP contribution is -2.54. The van der Waals surface area contributed by atoms with E-state index in [0.29, 0.717) is 6.54 Å². The Morgan fingerprint density at radius 1 is 1.46 bits per heavy atom. The van der Waals surface area contributed by atoms with E-state index in [1.165, 1.54) is 0 Å². The molecule has 0 atom stereocenters. The van der Waals surface area contributed by atoms with Crippen LogP contribution < -0.4 is 0 Å². The molecule has 1 rings (SSSR count). The highest BCUT2D eigenvalue weighted by Crippen LogP contribution is 2.21. The summed E-state index contributed by atoms with van der Waals surface area (Å²) in [4.78, 5) is 2.04. The van der Waals surface area contributed by atoms with E-state index in [-0.39, 0.29) is 13.2 Å². The number of aliphatic hydroxyl groups is 2. The van der Waals surface area contributed by atoms with Gasteiger partial charge < -0.3 is 10.2 Å². The van der Waals surface area contributed by atoms with Crippen molar-refractivity contribution >= 4 is 0 Å². The number of hydrogen-bond donors (Lipinski definition) is 2. The molecule has 0 bridgehead atoms. The minimum Gasteiger partial charge on any atom is -0.394 e. The van der Waals surface area contributed by atoms with Gasteiger partial charge in [0.15, 0.2) is 0 Å². The molecule has 0 radical (unpaired) electrons. The van der Waals surface area contributed by atoms with Crippen LogP contribution in [0, 0.1) is 0 Å². The number of nitrogens with zero attached hydrogens (tertiary/aromatic N) is 1. The molecule has 3 heteroatoms. The Labute approximate surface area is 79.0 Å². The third-order valence-electron chi connectivity index (χ3n) is 2.52. The highest BCUT2D eigenvalue weighted by molar-refractivity contribution is 5.12. The monoisotopic (exact) mass is 183 g/mol. The van der Waals surface area contributed by atoms with Crippen molar-refractivity contribution in [1.82, 2.24) is 4.90 Å². The molecule has 0 aromatic heterocycles. The van der Waals surface area contributed by atoms with Gasteiger partial charge in [0.05, 0.1) is 18.8 Å². The third-order valence-corrected chi connectivity index (χ3v) is 2.52. The molecule has 2 N–H and O–H groups in total. The molecule has 74 valence electrons. The average Bonchev–Trinajstić information content (AvgIpc) is 2.20. The van der Waals surface area contributed by atoms with Gasteiger partial charge in [-0.15, -0.1) is 6.58 Å². The normalized spacial score (nSPS) is 21.7. The average molecular weight is 183 g/mol. The fourth-order valence-electron chi connectivity index (χ4n) is 1.65. The summed E-state index contributed by atoms with van der Waals surface area (Å²) in [7, 11) is 0. The predicted molar refractivity (Wildman–Crippen MR) is 52.4 cm³/mol. The first-order valence-electron chi connectivity index (χ1n) is 4.54. The van der Waals surface area contributed by atoms with Crippen LogP contribution >= 0.6 is 0 Å². The van der Waals surface area contributed by atoms with Gasteiger partial charge >= 0.3 is 0 Å². The number of hydrogen-bond acceptors (Lipinski definition) is 3. The van der Waals surface area contributed by atoms with E-state index >= 15 is 0 Å². The van der Waals surface area contributed by atoms with Crippen LogP contribution in [-0.2, 0) is 0 Å². The largest absolute Gasteiger partial charge is 0.394 e. The van der Waals surface area contributed by atoms with Crippen molar-refractivity contribution in [1.29, 1.82) is 0 Å². The fourth-order valence-corrected chi connectivity index (χ4v) is 1.65. The Balaban J connectivity index is 2.79. The highest BCUT2D eigenvalue weighted by atomic mass is 16.3. The van der Waals surface area contributed by atoms with Crippen LogP contribution in [0.4, 0.5) is 0 Å². The second-order valence-corrected chi connectivity index (χ2v) is 3.35. The first-order chi connectivity index (χ1) is 6.29. The zero-order valence-corrected chi connectivity index (χ0v) is 7.82. The standard InChI is InChI=1S/C10H17NO2/c1-2-6-11-7-4-3-5-10(11,8-12)9-13/h2-3,5,12-13H,1,4,6-9H2. The van der Waals surface area contributed by atoms with E-state index < -0.39 is 5.54 Å². The lowest BCUT2D eigenvalue weighted by atomic mass is 9.94. The molecule has 0 saturated carbocycles. The molecule has 0 aromatic rings.